The van der Waals surface area contributed by atoms with E-state index >= 15 is 0 Å². The molecule has 0 bridgehead atoms. The van der Waals surface area contributed by atoms with Gasteiger partial charge in [0.15, 0.2) is 0 Å². The standard InChI is InChI=1S/C20H23N3O/c24-19-16-23(18-9-5-2-6-10-18)20(21-19)11-13-22(14-12-20)15-17-7-3-1-4-8-17/h1-10H,11-16H2,(H,21,24). The van der Waals surface area contributed by atoms with Gasteiger partial charge in [-0.15, -0.1) is 0 Å². The fourth-order valence-corrected chi connectivity index (χ4v) is 3.93. The molecular weight excluding hydrogens is 298 g/mol. The van der Waals surface area contributed by atoms with Crippen molar-refractivity contribution in [3.63, 3.8) is 0 Å². The molecule has 4 heteroatoms. The van der Waals surface area contributed by atoms with Crippen molar-refractivity contribution in [3.8, 4) is 0 Å². The molecule has 4 rings (SSSR count). The van der Waals surface area contributed by atoms with Crippen LogP contribution in [-0.4, -0.2) is 36.1 Å². The summed E-state index contributed by atoms with van der Waals surface area (Å²) in [5.41, 5.74) is 2.27. The van der Waals surface area contributed by atoms with Crippen LogP contribution in [-0.2, 0) is 11.3 Å². The van der Waals surface area contributed by atoms with E-state index in [1.54, 1.807) is 0 Å². The van der Waals surface area contributed by atoms with E-state index in [9.17, 15) is 4.79 Å². The molecular formula is C20H23N3O. The van der Waals surface area contributed by atoms with Crippen molar-refractivity contribution >= 4 is 11.6 Å². The topological polar surface area (TPSA) is 35.6 Å². The molecule has 24 heavy (non-hydrogen) atoms. The molecule has 0 atom stereocenters. The lowest BCUT2D eigenvalue weighted by molar-refractivity contribution is -0.119. The third-order valence-electron chi connectivity index (χ3n) is 5.19. The normalized spacial score (nSPS) is 20.3. The monoisotopic (exact) mass is 321 g/mol. The second-order valence-corrected chi connectivity index (χ2v) is 6.76. The average molecular weight is 321 g/mol. The Morgan fingerprint density at radius 2 is 1.54 bits per heavy atom. The van der Waals surface area contributed by atoms with Crippen LogP contribution in [0.25, 0.3) is 0 Å². The Labute approximate surface area is 143 Å². The lowest BCUT2D eigenvalue weighted by Gasteiger charge is -2.45. The highest BCUT2D eigenvalue weighted by atomic mass is 16.2. The number of benzene rings is 2. The highest BCUT2D eigenvalue weighted by molar-refractivity contribution is 5.86. The summed E-state index contributed by atoms with van der Waals surface area (Å²) in [6.45, 7) is 3.44. The number of nitrogens with zero attached hydrogens (tertiary/aromatic N) is 2. The number of rotatable bonds is 3. The number of para-hydroxylation sites is 1. The molecule has 2 aromatic carbocycles. The van der Waals surface area contributed by atoms with Gasteiger partial charge in [0, 0.05) is 38.2 Å². The second-order valence-electron chi connectivity index (χ2n) is 6.76. The first-order valence-electron chi connectivity index (χ1n) is 8.65. The molecule has 0 aliphatic carbocycles. The SMILES string of the molecule is O=C1CN(c2ccccc2)C2(CCN(Cc3ccccc3)CC2)N1. The van der Waals surface area contributed by atoms with Gasteiger partial charge in [0.25, 0.3) is 0 Å². The molecule has 1 amide bonds. The van der Waals surface area contributed by atoms with Crippen LogP contribution >= 0.6 is 0 Å². The molecule has 124 valence electrons. The lowest BCUT2D eigenvalue weighted by atomic mass is 9.95. The number of hydrogen-bond acceptors (Lipinski definition) is 3. The first kappa shape index (κ1) is 15.2. The van der Waals surface area contributed by atoms with Crippen LogP contribution in [0.5, 0.6) is 0 Å². The molecule has 1 N–H and O–H groups in total. The minimum absolute atomic E-state index is 0.135. The van der Waals surface area contributed by atoms with E-state index in [0.717, 1.165) is 38.2 Å². The molecule has 2 aliphatic heterocycles. The summed E-state index contributed by atoms with van der Waals surface area (Å²) in [5.74, 6) is 0.135. The summed E-state index contributed by atoms with van der Waals surface area (Å²) in [5, 5.41) is 3.26. The maximum atomic E-state index is 12.1. The molecule has 2 aliphatic rings. The van der Waals surface area contributed by atoms with E-state index in [1.807, 2.05) is 18.2 Å². The Hall–Kier alpha value is -2.33. The Bertz CT molecular complexity index is 693. The first-order chi connectivity index (χ1) is 11.8. The minimum atomic E-state index is -0.217. The number of piperidine rings is 1. The van der Waals surface area contributed by atoms with Crippen LogP contribution in [0.15, 0.2) is 60.7 Å². The fourth-order valence-electron chi connectivity index (χ4n) is 3.93. The first-order valence-corrected chi connectivity index (χ1v) is 8.65. The maximum absolute atomic E-state index is 12.1. The number of carbonyl (C=O) groups excluding carboxylic acids is 1. The summed E-state index contributed by atoms with van der Waals surface area (Å²) in [4.78, 5) is 16.8. The molecule has 2 fully saturated rings. The van der Waals surface area contributed by atoms with Gasteiger partial charge in [-0.05, 0) is 17.7 Å². The van der Waals surface area contributed by atoms with E-state index < -0.39 is 0 Å². The summed E-state index contributed by atoms with van der Waals surface area (Å²) in [7, 11) is 0. The van der Waals surface area contributed by atoms with E-state index in [2.05, 4.69) is 57.6 Å². The van der Waals surface area contributed by atoms with E-state index in [0.29, 0.717) is 6.54 Å². The van der Waals surface area contributed by atoms with Crippen molar-refractivity contribution in [2.75, 3.05) is 24.5 Å². The quantitative estimate of drug-likeness (QED) is 0.944. The zero-order valence-corrected chi connectivity index (χ0v) is 13.8. The molecule has 1 spiro atoms. The Morgan fingerprint density at radius 1 is 0.917 bits per heavy atom. The summed E-state index contributed by atoms with van der Waals surface area (Å²) in [6, 6.07) is 20.9. The maximum Gasteiger partial charge on any atom is 0.241 e. The predicted octanol–water partition coefficient (Wildman–Crippen LogP) is 2.62. The molecule has 2 saturated heterocycles. The van der Waals surface area contributed by atoms with Crippen LogP contribution in [0.1, 0.15) is 18.4 Å². The molecule has 2 heterocycles. The van der Waals surface area contributed by atoms with Crippen molar-refractivity contribution in [2.24, 2.45) is 0 Å². The van der Waals surface area contributed by atoms with Gasteiger partial charge in [0.1, 0.15) is 5.66 Å². The smallest absolute Gasteiger partial charge is 0.241 e. The third kappa shape index (κ3) is 2.89. The van der Waals surface area contributed by atoms with Crippen molar-refractivity contribution in [1.82, 2.24) is 10.2 Å². The summed E-state index contributed by atoms with van der Waals surface area (Å²) < 4.78 is 0. The van der Waals surface area contributed by atoms with E-state index in [1.165, 1.54) is 5.56 Å². The zero-order chi connectivity index (χ0) is 16.4. The number of carbonyl (C=O) groups is 1. The third-order valence-corrected chi connectivity index (χ3v) is 5.19. The molecule has 0 saturated carbocycles. The van der Waals surface area contributed by atoms with Gasteiger partial charge >= 0.3 is 0 Å². The fraction of sp³-hybridized carbons (Fsp3) is 0.350. The van der Waals surface area contributed by atoms with E-state index in [4.69, 9.17) is 0 Å². The van der Waals surface area contributed by atoms with Gasteiger partial charge in [0.2, 0.25) is 5.91 Å². The van der Waals surface area contributed by atoms with Gasteiger partial charge in [-0.3, -0.25) is 9.69 Å². The van der Waals surface area contributed by atoms with Gasteiger partial charge in [0.05, 0.1) is 6.54 Å². The lowest BCUT2D eigenvalue weighted by Crippen LogP contribution is -2.58. The van der Waals surface area contributed by atoms with Gasteiger partial charge in [-0.25, -0.2) is 0 Å². The van der Waals surface area contributed by atoms with Crippen LogP contribution in [0.2, 0.25) is 0 Å². The highest BCUT2D eigenvalue weighted by Crippen LogP contribution is 2.34. The molecule has 0 unspecified atom stereocenters. The number of nitrogens with one attached hydrogen (secondary N) is 1. The van der Waals surface area contributed by atoms with Gasteiger partial charge in [-0.2, -0.15) is 0 Å². The molecule has 0 aromatic heterocycles. The van der Waals surface area contributed by atoms with Crippen molar-refractivity contribution in [2.45, 2.75) is 25.0 Å². The Balaban J connectivity index is 1.47. The number of anilines is 1. The number of amides is 1. The van der Waals surface area contributed by atoms with E-state index in [-0.39, 0.29) is 11.6 Å². The van der Waals surface area contributed by atoms with Gasteiger partial charge in [-0.1, -0.05) is 48.5 Å². The Morgan fingerprint density at radius 3 is 2.21 bits per heavy atom. The zero-order valence-electron chi connectivity index (χ0n) is 13.8. The highest BCUT2D eigenvalue weighted by Gasteiger charge is 2.46. The summed E-state index contributed by atoms with van der Waals surface area (Å²) in [6.07, 6.45) is 1.92. The summed E-state index contributed by atoms with van der Waals surface area (Å²) >= 11 is 0. The van der Waals surface area contributed by atoms with Crippen LogP contribution in [0, 0.1) is 0 Å². The van der Waals surface area contributed by atoms with Gasteiger partial charge < -0.3 is 10.2 Å². The Kier molecular flexibility index (Phi) is 3.98. The number of likely N-dealkylation sites (tertiary alicyclic amines) is 1. The van der Waals surface area contributed by atoms with Crippen molar-refractivity contribution in [3.05, 3.63) is 66.2 Å². The molecule has 2 aromatic rings. The average Bonchev–Trinajstić information content (AvgIpc) is 2.95. The molecule has 0 radical (unpaired) electrons. The number of hydrogen-bond donors (Lipinski definition) is 1. The predicted molar refractivity (Wildman–Crippen MR) is 95.6 cm³/mol. The van der Waals surface area contributed by atoms with Crippen LogP contribution in [0.3, 0.4) is 0 Å². The van der Waals surface area contributed by atoms with Crippen LogP contribution in [0.4, 0.5) is 5.69 Å². The second kappa shape index (κ2) is 6.29. The van der Waals surface area contributed by atoms with Crippen LogP contribution < -0.4 is 10.2 Å². The molecule has 4 nitrogen and oxygen atoms in total. The van der Waals surface area contributed by atoms with Crippen molar-refractivity contribution < 1.29 is 4.79 Å². The largest absolute Gasteiger partial charge is 0.339 e. The minimum Gasteiger partial charge on any atom is -0.339 e. The van der Waals surface area contributed by atoms with Crippen molar-refractivity contribution in [1.29, 1.82) is 0 Å².